The molecule has 0 aliphatic heterocycles. The largest absolute Gasteiger partial charge is 0.446 e. The maximum Gasteiger partial charge on any atom is 0.410 e. The van der Waals surface area contributed by atoms with Crippen molar-refractivity contribution in [1.29, 1.82) is 0 Å². The topological polar surface area (TPSA) is 70.0 Å². The Labute approximate surface area is 285 Å². The first-order valence-corrected chi connectivity index (χ1v) is 20.1. The molecule has 5 heteroatoms. The number of amides is 1. The van der Waals surface area contributed by atoms with Crippen LogP contribution in [0.5, 0.6) is 0 Å². The summed E-state index contributed by atoms with van der Waals surface area (Å²) in [7, 11) is 0. The number of aliphatic hydroxyl groups is 2. The van der Waals surface area contributed by atoms with Gasteiger partial charge in [-0.2, -0.15) is 0 Å². The highest BCUT2D eigenvalue weighted by Crippen LogP contribution is 2.66. The minimum Gasteiger partial charge on any atom is -0.446 e. The molecule has 9 atom stereocenters. The average Bonchev–Trinajstić information content (AvgIpc) is 3.26. The lowest BCUT2D eigenvalue weighted by Gasteiger charge is -2.58. The lowest BCUT2D eigenvalue weighted by molar-refractivity contribution is -0.118. The third-order valence-corrected chi connectivity index (χ3v) is 16.5. The molecule has 0 spiro atoms. The van der Waals surface area contributed by atoms with Crippen molar-refractivity contribution in [3.05, 3.63) is 23.3 Å². The van der Waals surface area contributed by atoms with Gasteiger partial charge < -0.3 is 19.8 Å². The summed E-state index contributed by atoms with van der Waals surface area (Å²) >= 11 is 0. The quantitative estimate of drug-likeness (QED) is 0.302. The molecular weight excluding hydrogens is 582 g/mol. The van der Waals surface area contributed by atoms with Crippen molar-refractivity contribution >= 4 is 6.09 Å². The molecule has 0 aromatic heterocycles. The van der Waals surface area contributed by atoms with Crippen LogP contribution in [-0.4, -0.2) is 52.1 Å². The average molecular weight is 648 g/mol. The Morgan fingerprint density at radius 3 is 2.26 bits per heavy atom. The number of fused-ring (bicyclic) bond motifs is 5. The Morgan fingerprint density at radius 1 is 0.894 bits per heavy atom. The van der Waals surface area contributed by atoms with E-state index in [2.05, 4.69) is 51.7 Å². The minimum absolute atomic E-state index is 0.0229. The number of carbonyl (C=O) groups excluding carboxylic acids is 1. The highest BCUT2D eigenvalue weighted by atomic mass is 16.6. The Hall–Kier alpha value is -1.33. The summed E-state index contributed by atoms with van der Waals surface area (Å²) in [6, 6.07) is 0. The van der Waals surface area contributed by atoms with E-state index in [9.17, 15) is 15.0 Å². The number of aliphatic hydroxyl groups excluding tert-OH is 1. The second-order valence-corrected chi connectivity index (χ2v) is 19.8. The van der Waals surface area contributed by atoms with Gasteiger partial charge in [-0.1, -0.05) is 64.3 Å². The number of hydrogen-bond acceptors (Lipinski definition) is 4. The zero-order valence-electron chi connectivity index (χ0n) is 30.3. The van der Waals surface area contributed by atoms with Gasteiger partial charge in [-0.25, -0.2) is 4.79 Å². The van der Waals surface area contributed by atoms with E-state index in [1.807, 2.05) is 0 Å². The predicted octanol–water partition coefficient (Wildman–Crippen LogP) is 9.08. The molecule has 5 nitrogen and oxygen atoms in total. The van der Waals surface area contributed by atoms with Crippen LogP contribution in [0.4, 0.5) is 4.79 Å². The van der Waals surface area contributed by atoms with Crippen LogP contribution in [0.2, 0.25) is 0 Å². The molecule has 0 radical (unpaired) electrons. The summed E-state index contributed by atoms with van der Waals surface area (Å²) in [6.07, 6.45) is 22.2. The normalized spacial score (nSPS) is 49.9. The van der Waals surface area contributed by atoms with Crippen LogP contribution in [0.3, 0.4) is 0 Å². The SMILES string of the molecule is CC1CCC(C(C)C)C(OC(=O)N(CC23CC4CC(CC(C4)C2)C3)CC2(O)CCC3C4=CC=C5CC(O)CCC5(C)C4CCC32C)C1. The Balaban J connectivity index is 1.08. The van der Waals surface area contributed by atoms with Gasteiger partial charge in [-0.05, 0) is 154 Å². The third-order valence-electron chi connectivity index (χ3n) is 16.5. The molecule has 8 saturated carbocycles. The van der Waals surface area contributed by atoms with Crippen LogP contribution in [0.25, 0.3) is 0 Å². The summed E-state index contributed by atoms with van der Waals surface area (Å²) in [5.74, 6) is 4.83. The van der Waals surface area contributed by atoms with Crippen molar-refractivity contribution < 1.29 is 19.7 Å². The maximum absolute atomic E-state index is 14.6. The summed E-state index contributed by atoms with van der Waals surface area (Å²) in [5.41, 5.74) is 2.13. The van der Waals surface area contributed by atoms with Crippen LogP contribution in [0.1, 0.15) is 137 Å². The number of nitrogens with zero attached hydrogens (tertiary/aromatic N) is 1. The molecule has 0 saturated heterocycles. The third kappa shape index (κ3) is 5.40. The van der Waals surface area contributed by atoms with Gasteiger partial charge in [0.05, 0.1) is 18.2 Å². The molecule has 0 heterocycles. The van der Waals surface area contributed by atoms with E-state index in [4.69, 9.17) is 4.74 Å². The van der Waals surface area contributed by atoms with Crippen molar-refractivity contribution in [3.63, 3.8) is 0 Å². The van der Waals surface area contributed by atoms with Crippen molar-refractivity contribution in [2.24, 2.45) is 63.6 Å². The zero-order valence-corrected chi connectivity index (χ0v) is 30.3. The van der Waals surface area contributed by atoms with Gasteiger partial charge in [0, 0.05) is 12.0 Å². The van der Waals surface area contributed by atoms with Gasteiger partial charge >= 0.3 is 6.09 Å². The predicted molar refractivity (Wildman–Crippen MR) is 186 cm³/mol. The van der Waals surface area contributed by atoms with E-state index < -0.39 is 5.60 Å². The lowest BCUT2D eigenvalue weighted by Crippen LogP contribution is -2.59. The Bertz CT molecular complexity index is 1270. The van der Waals surface area contributed by atoms with E-state index in [0.29, 0.717) is 36.1 Å². The molecule has 1 amide bonds. The number of rotatable bonds is 6. The van der Waals surface area contributed by atoms with E-state index >= 15 is 0 Å². The van der Waals surface area contributed by atoms with Crippen LogP contribution in [0.15, 0.2) is 23.3 Å². The van der Waals surface area contributed by atoms with E-state index in [1.54, 1.807) is 5.57 Å². The number of carbonyl (C=O) groups is 1. The molecule has 9 unspecified atom stereocenters. The molecule has 9 aliphatic carbocycles. The fourth-order valence-electron chi connectivity index (χ4n) is 14.2. The van der Waals surface area contributed by atoms with Crippen molar-refractivity contribution in [1.82, 2.24) is 4.90 Å². The number of ether oxygens (including phenoxy) is 1. The van der Waals surface area contributed by atoms with Gasteiger partial charge in [0.1, 0.15) is 6.10 Å². The highest BCUT2D eigenvalue weighted by Gasteiger charge is 2.63. The Morgan fingerprint density at radius 2 is 1.57 bits per heavy atom. The van der Waals surface area contributed by atoms with Crippen LogP contribution >= 0.6 is 0 Å². The molecule has 0 aromatic carbocycles. The Kier molecular flexibility index (Phi) is 8.11. The van der Waals surface area contributed by atoms with E-state index in [1.165, 1.54) is 50.5 Å². The maximum atomic E-state index is 14.6. The second kappa shape index (κ2) is 11.6. The smallest absolute Gasteiger partial charge is 0.410 e. The summed E-state index contributed by atoms with van der Waals surface area (Å²) in [4.78, 5) is 16.7. The first-order valence-electron chi connectivity index (χ1n) is 20.1. The van der Waals surface area contributed by atoms with Gasteiger partial charge in [-0.3, -0.25) is 0 Å². The van der Waals surface area contributed by atoms with E-state index in [-0.39, 0.29) is 34.5 Å². The molecule has 0 aromatic rings. The van der Waals surface area contributed by atoms with Crippen molar-refractivity contribution in [3.8, 4) is 0 Å². The fraction of sp³-hybridized carbons (Fsp3) is 0.881. The molecule has 9 rings (SSSR count). The van der Waals surface area contributed by atoms with E-state index in [0.717, 1.165) is 82.1 Å². The summed E-state index contributed by atoms with van der Waals surface area (Å²) in [5, 5.41) is 23.4. The first-order chi connectivity index (χ1) is 22.3. The number of hydrogen-bond donors (Lipinski definition) is 2. The fourth-order valence-corrected chi connectivity index (χ4v) is 14.2. The summed E-state index contributed by atoms with van der Waals surface area (Å²) in [6.45, 7) is 12.9. The van der Waals surface area contributed by atoms with Gasteiger partial charge in [0.2, 0.25) is 0 Å². The van der Waals surface area contributed by atoms with Crippen molar-refractivity contribution in [2.75, 3.05) is 13.1 Å². The molecule has 47 heavy (non-hydrogen) atoms. The van der Waals surface area contributed by atoms with Crippen molar-refractivity contribution in [2.45, 2.75) is 155 Å². The number of allylic oxidation sites excluding steroid dienone is 3. The molecule has 262 valence electrons. The first kappa shape index (κ1) is 32.9. The van der Waals surface area contributed by atoms with Crippen LogP contribution < -0.4 is 0 Å². The van der Waals surface area contributed by atoms with Crippen LogP contribution in [-0.2, 0) is 4.74 Å². The van der Waals surface area contributed by atoms with Crippen LogP contribution in [0, 0.1) is 63.6 Å². The molecule has 4 bridgehead atoms. The second-order valence-electron chi connectivity index (χ2n) is 19.8. The standard InChI is InChI=1S/C42H65NO4/c1-26(2)33-8-6-27(3)16-37(33)47-38(45)43(24-41-21-28-17-29(22-41)19-30(18-28)23-41)25-42(46)15-12-36-34-9-7-31-20-32(44)10-13-39(31,4)35(34)11-14-40(36,42)5/h7,9,26-30,32-33,35-37,44,46H,6,8,10-25H2,1-5H3. The molecule has 9 aliphatic rings. The monoisotopic (exact) mass is 647 g/mol. The molecule has 2 N–H and O–H groups in total. The summed E-state index contributed by atoms with van der Waals surface area (Å²) < 4.78 is 6.64. The van der Waals surface area contributed by atoms with Gasteiger partial charge in [0.15, 0.2) is 0 Å². The lowest BCUT2D eigenvalue weighted by atomic mass is 9.49. The zero-order chi connectivity index (χ0) is 32.9. The molecular formula is C42H65NO4. The highest BCUT2D eigenvalue weighted by molar-refractivity contribution is 5.68. The van der Waals surface area contributed by atoms with Gasteiger partial charge in [0.25, 0.3) is 0 Å². The molecule has 8 fully saturated rings. The minimum atomic E-state index is -0.921. The van der Waals surface area contributed by atoms with Gasteiger partial charge in [-0.15, -0.1) is 0 Å².